The number of carbonyl (C=O) groups excluding carboxylic acids is 1. The highest BCUT2D eigenvalue weighted by Crippen LogP contribution is 2.60. The predicted molar refractivity (Wildman–Crippen MR) is 124 cm³/mol. The fourth-order valence-electron chi connectivity index (χ4n) is 5.27. The minimum atomic E-state index is -1.60. The molecule has 3 aliphatic rings. The van der Waals surface area contributed by atoms with Gasteiger partial charge in [-0.15, -0.1) is 0 Å². The molecule has 5 nitrogen and oxygen atoms in total. The zero-order valence-corrected chi connectivity index (χ0v) is 19.3. The van der Waals surface area contributed by atoms with Crippen molar-refractivity contribution >= 4 is 5.97 Å². The Morgan fingerprint density at radius 3 is 2.12 bits per heavy atom. The van der Waals surface area contributed by atoms with Crippen molar-refractivity contribution in [3.05, 3.63) is 94.5 Å². The summed E-state index contributed by atoms with van der Waals surface area (Å²) in [5, 5.41) is 24.2. The third-order valence-corrected chi connectivity index (χ3v) is 7.09. The van der Waals surface area contributed by atoms with Gasteiger partial charge in [0.05, 0.1) is 13.0 Å². The molecule has 0 fully saturated rings. The number of hydrogen-bond acceptors (Lipinski definition) is 5. The predicted octanol–water partition coefficient (Wildman–Crippen LogP) is 4.40. The second-order valence-electron chi connectivity index (χ2n) is 10.0. The molecule has 6 rings (SSSR count). The summed E-state index contributed by atoms with van der Waals surface area (Å²) in [6, 6.07) is 19.8. The van der Waals surface area contributed by atoms with Crippen molar-refractivity contribution in [3.63, 3.8) is 0 Å². The van der Waals surface area contributed by atoms with Crippen LogP contribution in [0.3, 0.4) is 0 Å². The normalized spacial score (nSPS) is 25.2. The SMILES string of the molecule is COc1ccc(OC(=O)C2CC3(O)c4ccccc4C2(O)c2ccc(C(C)(C)C)cc23)cc1. The number of esters is 1. The summed E-state index contributed by atoms with van der Waals surface area (Å²) in [7, 11) is 1.57. The highest BCUT2D eigenvalue weighted by Gasteiger charge is 2.62. The summed E-state index contributed by atoms with van der Waals surface area (Å²) >= 11 is 0. The smallest absolute Gasteiger partial charge is 0.318 e. The summed E-state index contributed by atoms with van der Waals surface area (Å²) in [5.41, 5.74) is 0.324. The number of rotatable bonds is 3. The monoisotopic (exact) mass is 444 g/mol. The molecule has 0 aliphatic heterocycles. The van der Waals surface area contributed by atoms with Crippen molar-refractivity contribution < 1.29 is 24.5 Å². The van der Waals surface area contributed by atoms with E-state index in [-0.39, 0.29) is 11.8 Å². The summed E-state index contributed by atoms with van der Waals surface area (Å²) in [5.74, 6) is -0.542. The summed E-state index contributed by atoms with van der Waals surface area (Å²) in [6.45, 7) is 6.33. The Bertz CT molecular complexity index is 1240. The van der Waals surface area contributed by atoms with Crippen molar-refractivity contribution in [2.75, 3.05) is 7.11 Å². The standard InChI is InChI=1S/C28H28O5/c1-26(2,3)17-9-14-22-23(15-17)27(30)16-24(28(22,31)21-8-6-5-7-20(21)27)25(29)33-19-12-10-18(32-4)11-13-19/h5-15,24,30-31H,16H2,1-4H3. The quantitative estimate of drug-likeness (QED) is 0.463. The summed E-state index contributed by atoms with van der Waals surface area (Å²) < 4.78 is 10.8. The molecule has 33 heavy (non-hydrogen) atoms. The maximum absolute atomic E-state index is 13.4. The topological polar surface area (TPSA) is 76.0 Å². The number of ether oxygens (including phenoxy) is 2. The second kappa shape index (κ2) is 7.17. The molecule has 0 saturated carbocycles. The molecule has 3 unspecified atom stereocenters. The molecule has 0 radical (unpaired) electrons. The molecule has 2 N–H and O–H groups in total. The van der Waals surface area contributed by atoms with Crippen LogP contribution >= 0.6 is 0 Å². The van der Waals surface area contributed by atoms with Crippen LogP contribution in [0.1, 0.15) is 55.0 Å². The van der Waals surface area contributed by atoms with Gasteiger partial charge in [-0.05, 0) is 57.5 Å². The average molecular weight is 445 g/mol. The molecule has 3 atom stereocenters. The van der Waals surface area contributed by atoms with E-state index in [2.05, 4.69) is 20.8 Å². The van der Waals surface area contributed by atoms with Gasteiger partial charge in [0, 0.05) is 6.42 Å². The Balaban J connectivity index is 1.63. The lowest BCUT2D eigenvalue weighted by atomic mass is 9.54. The van der Waals surface area contributed by atoms with Crippen LogP contribution in [0.15, 0.2) is 66.7 Å². The second-order valence-corrected chi connectivity index (χ2v) is 10.0. The number of benzene rings is 3. The summed E-state index contributed by atoms with van der Waals surface area (Å²) in [4.78, 5) is 13.4. The van der Waals surface area contributed by atoms with Gasteiger partial charge in [0.25, 0.3) is 0 Å². The van der Waals surface area contributed by atoms with Crippen LogP contribution in [-0.4, -0.2) is 23.3 Å². The van der Waals surface area contributed by atoms with Gasteiger partial charge in [-0.1, -0.05) is 63.2 Å². The molecule has 2 bridgehead atoms. The number of fused-ring (bicyclic) bond motifs is 1. The highest BCUT2D eigenvalue weighted by atomic mass is 16.5. The van der Waals surface area contributed by atoms with Crippen LogP contribution < -0.4 is 9.47 Å². The zero-order chi connectivity index (χ0) is 23.6. The van der Waals surface area contributed by atoms with Gasteiger partial charge >= 0.3 is 5.97 Å². The number of aliphatic hydroxyl groups is 2. The molecule has 170 valence electrons. The average Bonchev–Trinajstić information content (AvgIpc) is 2.80. The molecule has 0 heterocycles. The van der Waals surface area contributed by atoms with Crippen molar-refractivity contribution in [1.29, 1.82) is 0 Å². The maximum atomic E-state index is 13.4. The third kappa shape index (κ3) is 3.10. The van der Waals surface area contributed by atoms with Gasteiger partial charge in [-0.25, -0.2) is 0 Å². The Morgan fingerprint density at radius 2 is 1.48 bits per heavy atom. The van der Waals surface area contributed by atoms with Crippen LogP contribution in [0.25, 0.3) is 0 Å². The Kier molecular flexibility index (Phi) is 4.71. The largest absolute Gasteiger partial charge is 0.497 e. The van der Waals surface area contributed by atoms with Crippen LogP contribution in [0, 0.1) is 5.92 Å². The van der Waals surface area contributed by atoms with Gasteiger partial charge in [0.15, 0.2) is 0 Å². The van der Waals surface area contributed by atoms with Crippen molar-refractivity contribution in [1.82, 2.24) is 0 Å². The van der Waals surface area contributed by atoms with E-state index in [4.69, 9.17) is 9.47 Å². The van der Waals surface area contributed by atoms with E-state index in [1.54, 1.807) is 37.4 Å². The van der Waals surface area contributed by atoms with Gasteiger partial charge in [0.1, 0.15) is 22.7 Å². The van der Waals surface area contributed by atoms with Crippen molar-refractivity contribution in [2.45, 2.75) is 43.8 Å². The molecule has 3 aromatic carbocycles. The molecular weight excluding hydrogens is 416 g/mol. The molecule has 5 heteroatoms. The van der Waals surface area contributed by atoms with Crippen molar-refractivity contribution in [3.8, 4) is 11.5 Å². The fourth-order valence-corrected chi connectivity index (χ4v) is 5.27. The Morgan fingerprint density at radius 1 is 0.879 bits per heavy atom. The van der Waals surface area contributed by atoms with E-state index < -0.39 is 23.1 Å². The first-order valence-corrected chi connectivity index (χ1v) is 11.1. The Hall–Kier alpha value is -3.15. The molecule has 3 aliphatic carbocycles. The first-order valence-electron chi connectivity index (χ1n) is 11.1. The molecule has 3 aromatic rings. The lowest BCUT2D eigenvalue weighted by Crippen LogP contribution is -2.57. The van der Waals surface area contributed by atoms with Crippen LogP contribution in [0.4, 0.5) is 0 Å². The van der Waals surface area contributed by atoms with E-state index in [1.165, 1.54) is 0 Å². The van der Waals surface area contributed by atoms with E-state index in [1.807, 2.05) is 36.4 Å². The lowest BCUT2D eigenvalue weighted by Gasteiger charge is -2.54. The van der Waals surface area contributed by atoms with E-state index in [0.29, 0.717) is 33.8 Å². The first-order chi connectivity index (χ1) is 15.6. The molecule has 0 amide bonds. The van der Waals surface area contributed by atoms with E-state index >= 15 is 0 Å². The van der Waals surface area contributed by atoms with Crippen LogP contribution in [0.2, 0.25) is 0 Å². The lowest BCUT2D eigenvalue weighted by molar-refractivity contribution is -0.157. The van der Waals surface area contributed by atoms with E-state index in [9.17, 15) is 15.0 Å². The molecule has 0 spiro atoms. The van der Waals surface area contributed by atoms with Gasteiger partial charge < -0.3 is 19.7 Å². The minimum absolute atomic E-state index is 0.0378. The highest BCUT2D eigenvalue weighted by molar-refractivity contribution is 5.81. The van der Waals surface area contributed by atoms with Crippen LogP contribution in [-0.2, 0) is 21.4 Å². The number of methoxy groups -OCH3 is 1. The number of hydrogen-bond donors (Lipinski definition) is 2. The Labute approximate surface area is 193 Å². The zero-order valence-electron chi connectivity index (χ0n) is 19.3. The first kappa shape index (κ1) is 21.7. The summed E-state index contributed by atoms with van der Waals surface area (Å²) in [6.07, 6.45) is 0.0378. The maximum Gasteiger partial charge on any atom is 0.318 e. The van der Waals surface area contributed by atoms with Gasteiger partial charge in [-0.3, -0.25) is 4.79 Å². The van der Waals surface area contributed by atoms with E-state index in [0.717, 1.165) is 5.56 Å². The van der Waals surface area contributed by atoms with Gasteiger partial charge in [0.2, 0.25) is 0 Å². The fraction of sp³-hybridized carbons (Fsp3) is 0.321. The number of carbonyl (C=O) groups is 1. The molecular formula is C28H28O5. The van der Waals surface area contributed by atoms with Gasteiger partial charge in [-0.2, -0.15) is 0 Å². The molecule has 0 saturated heterocycles. The van der Waals surface area contributed by atoms with Crippen LogP contribution in [0.5, 0.6) is 11.5 Å². The third-order valence-electron chi connectivity index (χ3n) is 7.09. The minimum Gasteiger partial charge on any atom is -0.497 e. The molecule has 0 aromatic heterocycles. The van der Waals surface area contributed by atoms with Crippen molar-refractivity contribution in [2.24, 2.45) is 5.92 Å².